The molecule has 0 fully saturated rings. The molecular formula is C11H11FN2O. The molecule has 0 unspecified atom stereocenters. The Kier molecular flexibility index (Phi) is 2.46. The van der Waals surface area contributed by atoms with Crippen molar-refractivity contribution in [1.82, 2.24) is 0 Å². The SMILES string of the molecule is CNc1c(F)cc2c(c1C#N)OCCC2. The van der Waals surface area contributed by atoms with Gasteiger partial charge in [0.2, 0.25) is 0 Å². The first-order valence-electron chi connectivity index (χ1n) is 4.84. The van der Waals surface area contributed by atoms with Crippen LogP contribution in [0.1, 0.15) is 17.5 Å². The molecule has 2 rings (SSSR count). The molecule has 1 aliphatic heterocycles. The van der Waals surface area contributed by atoms with Gasteiger partial charge in [-0.3, -0.25) is 0 Å². The second-order valence-electron chi connectivity index (χ2n) is 3.41. The number of fused-ring (bicyclic) bond motifs is 1. The van der Waals surface area contributed by atoms with Crippen LogP contribution in [-0.4, -0.2) is 13.7 Å². The van der Waals surface area contributed by atoms with Gasteiger partial charge >= 0.3 is 0 Å². The van der Waals surface area contributed by atoms with Gasteiger partial charge in [0.25, 0.3) is 0 Å². The minimum Gasteiger partial charge on any atom is -0.492 e. The second-order valence-corrected chi connectivity index (χ2v) is 3.41. The number of halogens is 1. The predicted molar refractivity (Wildman–Crippen MR) is 54.5 cm³/mol. The Bertz CT molecular complexity index is 437. The molecule has 0 saturated carbocycles. The molecule has 0 aliphatic carbocycles. The maximum absolute atomic E-state index is 13.6. The Morgan fingerprint density at radius 1 is 1.60 bits per heavy atom. The molecule has 3 nitrogen and oxygen atoms in total. The molecule has 1 aromatic carbocycles. The Balaban J connectivity index is 2.66. The number of benzene rings is 1. The van der Waals surface area contributed by atoms with Gasteiger partial charge in [0.1, 0.15) is 23.2 Å². The zero-order valence-electron chi connectivity index (χ0n) is 8.43. The number of hydrogen-bond donors (Lipinski definition) is 1. The first-order valence-corrected chi connectivity index (χ1v) is 4.84. The van der Waals surface area contributed by atoms with Gasteiger partial charge in [-0.05, 0) is 24.5 Å². The average Bonchev–Trinajstić information content (AvgIpc) is 2.27. The summed E-state index contributed by atoms with van der Waals surface area (Å²) in [5.74, 6) is 0.146. The van der Waals surface area contributed by atoms with Crippen molar-refractivity contribution in [1.29, 1.82) is 5.26 Å². The van der Waals surface area contributed by atoms with Crippen molar-refractivity contribution < 1.29 is 9.13 Å². The summed E-state index contributed by atoms with van der Waals surface area (Å²) in [5, 5.41) is 11.7. The topological polar surface area (TPSA) is 45.0 Å². The third kappa shape index (κ3) is 1.50. The minimum absolute atomic E-state index is 0.221. The highest BCUT2D eigenvalue weighted by Gasteiger charge is 2.21. The van der Waals surface area contributed by atoms with Crippen molar-refractivity contribution >= 4 is 5.69 Å². The molecule has 0 aromatic heterocycles. The highest BCUT2D eigenvalue weighted by molar-refractivity contribution is 5.67. The maximum atomic E-state index is 13.6. The first-order chi connectivity index (χ1) is 7.27. The minimum atomic E-state index is -0.390. The summed E-state index contributed by atoms with van der Waals surface area (Å²) in [4.78, 5) is 0. The van der Waals surface area contributed by atoms with Crippen molar-refractivity contribution in [2.45, 2.75) is 12.8 Å². The fourth-order valence-electron chi connectivity index (χ4n) is 1.82. The molecule has 1 aromatic rings. The van der Waals surface area contributed by atoms with E-state index in [2.05, 4.69) is 5.32 Å². The molecule has 1 heterocycles. The molecule has 0 amide bonds. The highest BCUT2D eigenvalue weighted by Crippen LogP contribution is 2.35. The van der Waals surface area contributed by atoms with Crippen LogP contribution in [0.25, 0.3) is 0 Å². The van der Waals surface area contributed by atoms with Crippen LogP contribution in [0.3, 0.4) is 0 Å². The zero-order chi connectivity index (χ0) is 10.8. The quantitative estimate of drug-likeness (QED) is 0.765. The first kappa shape index (κ1) is 9.78. The Hall–Kier alpha value is -1.76. The van der Waals surface area contributed by atoms with Gasteiger partial charge in [0.15, 0.2) is 0 Å². The van der Waals surface area contributed by atoms with E-state index in [1.165, 1.54) is 6.07 Å². The molecule has 4 heteroatoms. The van der Waals surface area contributed by atoms with Crippen LogP contribution in [-0.2, 0) is 6.42 Å². The van der Waals surface area contributed by atoms with Crippen molar-refractivity contribution in [3.63, 3.8) is 0 Å². The van der Waals surface area contributed by atoms with E-state index in [4.69, 9.17) is 10.00 Å². The highest BCUT2D eigenvalue weighted by atomic mass is 19.1. The van der Waals surface area contributed by atoms with Gasteiger partial charge in [-0.25, -0.2) is 4.39 Å². The summed E-state index contributed by atoms with van der Waals surface area (Å²) in [6.07, 6.45) is 1.64. The Morgan fingerprint density at radius 2 is 2.40 bits per heavy atom. The van der Waals surface area contributed by atoms with Crippen molar-refractivity contribution in [2.24, 2.45) is 0 Å². The van der Waals surface area contributed by atoms with Gasteiger partial charge in [-0.15, -0.1) is 0 Å². The third-order valence-electron chi connectivity index (χ3n) is 2.51. The number of rotatable bonds is 1. The lowest BCUT2D eigenvalue weighted by Crippen LogP contribution is -2.12. The van der Waals surface area contributed by atoms with E-state index in [0.717, 1.165) is 18.4 Å². The number of nitrogens with one attached hydrogen (secondary N) is 1. The van der Waals surface area contributed by atoms with Crippen LogP contribution >= 0.6 is 0 Å². The molecular weight excluding hydrogens is 195 g/mol. The standard InChI is InChI=1S/C11H11FN2O/c1-14-10-8(6-13)11-7(5-9(10)12)3-2-4-15-11/h5,14H,2-4H2,1H3. The van der Waals surface area contributed by atoms with Crippen LogP contribution in [0.2, 0.25) is 0 Å². The average molecular weight is 206 g/mol. The monoisotopic (exact) mass is 206 g/mol. The van der Waals surface area contributed by atoms with E-state index in [9.17, 15) is 4.39 Å². The van der Waals surface area contributed by atoms with Crippen LogP contribution < -0.4 is 10.1 Å². The van der Waals surface area contributed by atoms with Crippen molar-refractivity contribution in [3.05, 3.63) is 23.0 Å². The van der Waals surface area contributed by atoms with Crippen LogP contribution in [0.5, 0.6) is 5.75 Å². The molecule has 78 valence electrons. The predicted octanol–water partition coefficient (Wildman–Crippen LogP) is 2.06. The molecule has 15 heavy (non-hydrogen) atoms. The summed E-state index contributed by atoms with van der Waals surface area (Å²) in [5.41, 5.74) is 1.28. The lowest BCUT2D eigenvalue weighted by molar-refractivity contribution is 0.287. The summed E-state index contributed by atoms with van der Waals surface area (Å²) in [7, 11) is 1.59. The van der Waals surface area contributed by atoms with Gasteiger partial charge < -0.3 is 10.1 Å². The van der Waals surface area contributed by atoms with Crippen molar-refractivity contribution in [3.8, 4) is 11.8 Å². The smallest absolute Gasteiger partial charge is 0.148 e. The number of ether oxygens (including phenoxy) is 1. The molecule has 0 radical (unpaired) electrons. The lowest BCUT2D eigenvalue weighted by atomic mass is 10.0. The van der Waals surface area contributed by atoms with Crippen LogP contribution in [0.15, 0.2) is 6.07 Å². The molecule has 0 spiro atoms. The molecule has 0 bridgehead atoms. The second kappa shape index (κ2) is 3.77. The normalized spacial score (nSPS) is 13.7. The maximum Gasteiger partial charge on any atom is 0.148 e. The number of hydrogen-bond acceptors (Lipinski definition) is 3. The number of nitrogens with zero attached hydrogens (tertiary/aromatic N) is 1. The third-order valence-corrected chi connectivity index (χ3v) is 2.51. The van der Waals surface area contributed by atoms with E-state index in [0.29, 0.717) is 12.4 Å². The van der Waals surface area contributed by atoms with Crippen LogP contribution in [0, 0.1) is 17.1 Å². The summed E-state index contributed by atoms with van der Waals surface area (Å²) < 4.78 is 19.0. The fourth-order valence-corrected chi connectivity index (χ4v) is 1.82. The molecule has 0 saturated heterocycles. The Morgan fingerprint density at radius 3 is 3.07 bits per heavy atom. The Labute approximate surface area is 87.5 Å². The van der Waals surface area contributed by atoms with Gasteiger partial charge in [-0.2, -0.15) is 5.26 Å². The summed E-state index contributed by atoms with van der Waals surface area (Å²) in [6, 6.07) is 3.43. The van der Waals surface area contributed by atoms with Gasteiger partial charge in [0.05, 0.1) is 12.3 Å². The van der Waals surface area contributed by atoms with E-state index >= 15 is 0 Å². The molecule has 1 aliphatic rings. The van der Waals surface area contributed by atoms with Gasteiger partial charge in [0, 0.05) is 7.05 Å². The molecule has 0 atom stereocenters. The zero-order valence-corrected chi connectivity index (χ0v) is 8.43. The number of anilines is 1. The number of aryl methyl sites for hydroxylation is 1. The van der Waals surface area contributed by atoms with E-state index in [1.54, 1.807) is 7.05 Å². The summed E-state index contributed by atoms with van der Waals surface area (Å²) in [6.45, 7) is 0.594. The largest absolute Gasteiger partial charge is 0.492 e. The number of nitriles is 1. The van der Waals surface area contributed by atoms with E-state index in [-0.39, 0.29) is 11.3 Å². The van der Waals surface area contributed by atoms with Gasteiger partial charge in [-0.1, -0.05) is 0 Å². The van der Waals surface area contributed by atoms with Crippen LogP contribution in [0.4, 0.5) is 10.1 Å². The lowest BCUT2D eigenvalue weighted by Gasteiger charge is -2.20. The fraction of sp³-hybridized carbons (Fsp3) is 0.364. The molecule has 1 N–H and O–H groups in total. The summed E-state index contributed by atoms with van der Waals surface area (Å²) >= 11 is 0. The van der Waals surface area contributed by atoms with Crippen molar-refractivity contribution in [2.75, 3.05) is 19.0 Å². The van der Waals surface area contributed by atoms with E-state index in [1.807, 2.05) is 6.07 Å². The van der Waals surface area contributed by atoms with E-state index < -0.39 is 5.82 Å².